The molecule has 1 aliphatic heterocycles. The van der Waals surface area contributed by atoms with Crippen LogP contribution in [0.1, 0.15) is 25.0 Å². The number of fused-ring (bicyclic) bond motifs is 1. The molecule has 2 atom stereocenters. The van der Waals surface area contributed by atoms with Crippen LogP contribution in [0.4, 0.5) is 0 Å². The number of aromatic amines is 1. The first kappa shape index (κ1) is 11.7. The molecule has 18 heavy (non-hydrogen) atoms. The van der Waals surface area contributed by atoms with Gasteiger partial charge in [0.1, 0.15) is 0 Å². The fourth-order valence-electron chi connectivity index (χ4n) is 3.66. The van der Waals surface area contributed by atoms with Crippen LogP contribution in [-0.4, -0.2) is 41.3 Å². The maximum absolute atomic E-state index is 12.1. The van der Waals surface area contributed by atoms with Gasteiger partial charge in [-0.1, -0.05) is 6.42 Å². The van der Waals surface area contributed by atoms with Gasteiger partial charge in [0, 0.05) is 31.5 Å². The van der Waals surface area contributed by atoms with Crippen molar-refractivity contribution in [2.45, 2.75) is 25.8 Å². The van der Waals surface area contributed by atoms with Gasteiger partial charge in [-0.2, -0.15) is 5.10 Å². The molecule has 2 fully saturated rings. The maximum Gasteiger partial charge on any atom is 0.313 e. The molecule has 0 unspecified atom stereocenters. The standard InChI is InChI=1S/C13H19N3O2/c1-18-12(17)13-5-2-3-10(13)7-16(9-13)8-11-4-6-14-15-11/h4,6,10H,2-3,5,7-9H2,1H3,(H,14,15)/t10-,13+/m0/s1. The third kappa shape index (κ3) is 1.73. The van der Waals surface area contributed by atoms with E-state index in [-0.39, 0.29) is 11.4 Å². The molecule has 0 radical (unpaired) electrons. The summed E-state index contributed by atoms with van der Waals surface area (Å²) in [4.78, 5) is 14.4. The van der Waals surface area contributed by atoms with Crippen molar-refractivity contribution in [2.75, 3.05) is 20.2 Å². The van der Waals surface area contributed by atoms with Gasteiger partial charge in [0.2, 0.25) is 0 Å². The third-order valence-electron chi connectivity index (χ3n) is 4.49. The van der Waals surface area contributed by atoms with Crippen LogP contribution in [0.5, 0.6) is 0 Å². The molecule has 3 rings (SSSR count). The average Bonchev–Trinajstić information content (AvgIpc) is 3.03. The first-order chi connectivity index (χ1) is 8.74. The van der Waals surface area contributed by atoms with E-state index in [1.165, 1.54) is 7.11 Å². The lowest BCUT2D eigenvalue weighted by Gasteiger charge is -2.25. The van der Waals surface area contributed by atoms with Crippen LogP contribution in [0.3, 0.4) is 0 Å². The quantitative estimate of drug-likeness (QED) is 0.817. The van der Waals surface area contributed by atoms with E-state index < -0.39 is 0 Å². The van der Waals surface area contributed by atoms with Crippen LogP contribution >= 0.6 is 0 Å². The van der Waals surface area contributed by atoms with Crippen LogP contribution in [0, 0.1) is 11.3 Å². The SMILES string of the molecule is COC(=O)[C@@]12CCC[C@H]1CN(Cc1ccn[nH]1)C2. The number of aromatic nitrogens is 2. The largest absolute Gasteiger partial charge is 0.469 e. The van der Waals surface area contributed by atoms with E-state index in [1.54, 1.807) is 6.20 Å². The van der Waals surface area contributed by atoms with E-state index in [0.717, 1.165) is 44.6 Å². The minimum atomic E-state index is -0.241. The molecule has 1 saturated heterocycles. The molecule has 2 heterocycles. The number of methoxy groups -OCH3 is 1. The lowest BCUT2D eigenvalue weighted by Crippen LogP contribution is -2.36. The molecule has 1 N–H and O–H groups in total. The van der Waals surface area contributed by atoms with Gasteiger partial charge in [0.15, 0.2) is 0 Å². The summed E-state index contributed by atoms with van der Waals surface area (Å²) in [5.74, 6) is 0.449. The lowest BCUT2D eigenvalue weighted by atomic mass is 9.81. The van der Waals surface area contributed by atoms with Crippen molar-refractivity contribution in [1.82, 2.24) is 15.1 Å². The second kappa shape index (κ2) is 4.39. The molecule has 0 aromatic carbocycles. The summed E-state index contributed by atoms with van der Waals surface area (Å²) in [6, 6.07) is 1.99. The number of hydrogen-bond donors (Lipinski definition) is 1. The Morgan fingerprint density at radius 3 is 3.33 bits per heavy atom. The smallest absolute Gasteiger partial charge is 0.313 e. The van der Waals surface area contributed by atoms with Crippen molar-refractivity contribution < 1.29 is 9.53 Å². The van der Waals surface area contributed by atoms with Gasteiger partial charge in [0.05, 0.1) is 12.5 Å². The first-order valence-corrected chi connectivity index (χ1v) is 6.53. The maximum atomic E-state index is 12.1. The molecule has 1 aliphatic carbocycles. The highest BCUT2D eigenvalue weighted by Gasteiger charge is 2.55. The number of rotatable bonds is 3. The minimum Gasteiger partial charge on any atom is -0.469 e. The van der Waals surface area contributed by atoms with Gasteiger partial charge in [-0.05, 0) is 24.8 Å². The minimum absolute atomic E-state index is 0.0166. The normalized spacial score (nSPS) is 31.5. The van der Waals surface area contributed by atoms with E-state index in [2.05, 4.69) is 15.1 Å². The highest BCUT2D eigenvalue weighted by atomic mass is 16.5. The van der Waals surface area contributed by atoms with Crippen molar-refractivity contribution >= 4 is 5.97 Å². The van der Waals surface area contributed by atoms with E-state index in [1.807, 2.05) is 6.07 Å². The van der Waals surface area contributed by atoms with Crippen molar-refractivity contribution in [3.05, 3.63) is 18.0 Å². The van der Waals surface area contributed by atoms with Gasteiger partial charge in [-0.25, -0.2) is 0 Å². The van der Waals surface area contributed by atoms with Crippen LogP contribution in [0.15, 0.2) is 12.3 Å². The number of carbonyl (C=O) groups is 1. The van der Waals surface area contributed by atoms with Crippen LogP contribution in [-0.2, 0) is 16.1 Å². The predicted molar refractivity (Wildman–Crippen MR) is 65.7 cm³/mol. The molecule has 98 valence electrons. The Kier molecular flexibility index (Phi) is 2.86. The van der Waals surface area contributed by atoms with E-state index in [4.69, 9.17) is 4.74 Å². The van der Waals surface area contributed by atoms with Crippen LogP contribution in [0.25, 0.3) is 0 Å². The van der Waals surface area contributed by atoms with Gasteiger partial charge in [0.25, 0.3) is 0 Å². The molecule has 0 bridgehead atoms. The van der Waals surface area contributed by atoms with Crippen molar-refractivity contribution in [1.29, 1.82) is 0 Å². The summed E-state index contributed by atoms with van der Waals surface area (Å²) >= 11 is 0. The second-order valence-electron chi connectivity index (χ2n) is 5.49. The highest BCUT2D eigenvalue weighted by Crippen LogP contribution is 2.49. The number of nitrogens with zero attached hydrogens (tertiary/aromatic N) is 2. The molecule has 1 saturated carbocycles. The van der Waals surface area contributed by atoms with Crippen molar-refractivity contribution in [2.24, 2.45) is 11.3 Å². The van der Waals surface area contributed by atoms with Crippen LogP contribution < -0.4 is 0 Å². The van der Waals surface area contributed by atoms with Gasteiger partial charge in [-0.3, -0.25) is 14.8 Å². The summed E-state index contributed by atoms with van der Waals surface area (Å²) in [7, 11) is 1.50. The zero-order valence-electron chi connectivity index (χ0n) is 10.7. The van der Waals surface area contributed by atoms with Crippen LogP contribution in [0.2, 0.25) is 0 Å². The predicted octanol–water partition coefficient (Wildman–Crippen LogP) is 1.18. The molecule has 1 aromatic heterocycles. The number of nitrogens with one attached hydrogen (secondary N) is 1. The Morgan fingerprint density at radius 2 is 2.61 bits per heavy atom. The Labute approximate surface area is 107 Å². The van der Waals surface area contributed by atoms with Crippen molar-refractivity contribution in [3.63, 3.8) is 0 Å². The zero-order valence-corrected chi connectivity index (χ0v) is 10.7. The number of H-pyrrole nitrogens is 1. The monoisotopic (exact) mass is 249 g/mol. The molecule has 1 aromatic rings. The summed E-state index contributed by atoms with van der Waals surface area (Å²) < 4.78 is 5.04. The van der Waals surface area contributed by atoms with E-state index in [9.17, 15) is 4.79 Å². The Balaban J connectivity index is 1.74. The second-order valence-corrected chi connectivity index (χ2v) is 5.49. The third-order valence-corrected chi connectivity index (χ3v) is 4.49. The van der Waals surface area contributed by atoms with Gasteiger partial charge >= 0.3 is 5.97 Å². The highest BCUT2D eigenvalue weighted by molar-refractivity contribution is 5.78. The summed E-state index contributed by atoms with van der Waals surface area (Å²) in [6.07, 6.45) is 5.04. The van der Waals surface area contributed by atoms with Gasteiger partial charge < -0.3 is 4.74 Å². The fourth-order valence-corrected chi connectivity index (χ4v) is 3.66. The summed E-state index contributed by atoms with van der Waals surface area (Å²) in [5.41, 5.74) is 0.865. The molecular weight excluding hydrogens is 230 g/mol. The lowest BCUT2D eigenvalue weighted by molar-refractivity contribution is -0.153. The van der Waals surface area contributed by atoms with E-state index in [0.29, 0.717) is 5.92 Å². The molecule has 0 amide bonds. The van der Waals surface area contributed by atoms with Crippen molar-refractivity contribution in [3.8, 4) is 0 Å². The summed E-state index contributed by atoms with van der Waals surface area (Å²) in [5, 5.41) is 6.94. The number of hydrogen-bond acceptors (Lipinski definition) is 4. The Bertz CT molecular complexity index is 431. The molecule has 5 heteroatoms. The molecule has 5 nitrogen and oxygen atoms in total. The number of carbonyl (C=O) groups excluding carboxylic acids is 1. The number of esters is 1. The van der Waals surface area contributed by atoms with E-state index >= 15 is 0 Å². The first-order valence-electron chi connectivity index (χ1n) is 6.53. The summed E-state index contributed by atoms with van der Waals surface area (Å²) in [6.45, 7) is 2.66. The topological polar surface area (TPSA) is 58.2 Å². The molecular formula is C13H19N3O2. The zero-order chi connectivity index (χ0) is 12.6. The molecule has 0 spiro atoms. The Morgan fingerprint density at radius 1 is 1.72 bits per heavy atom. The fraction of sp³-hybridized carbons (Fsp3) is 0.692. The molecule has 2 aliphatic rings. The Hall–Kier alpha value is -1.36. The number of ether oxygens (including phenoxy) is 1. The average molecular weight is 249 g/mol. The van der Waals surface area contributed by atoms with Gasteiger partial charge in [-0.15, -0.1) is 0 Å². The number of likely N-dealkylation sites (tertiary alicyclic amines) is 1.